The molecular weight excluding hydrogens is 410 g/mol. The standard InChI is InChI=1S/C24H27N3O3S/c1-16-10-14-31-22(16)24(29)27-11-8-18(9-12-27)21-20(7-6-17(2)25-21)23(28)26(3)15-19-5-4-13-30-19/h4-7,10,13-14,18H,8-9,11-12,15H2,1-3H3. The lowest BCUT2D eigenvalue weighted by Gasteiger charge is -2.32. The minimum Gasteiger partial charge on any atom is -0.467 e. The van der Waals surface area contributed by atoms with Crippen molar-refractivity contribution >= 4 is 23.2 Å². The average Bonchev–Trinajstić information content (AvgIpc) is 3.44. The number of nitrogens with zero attached hydrogens (tertiary/aromatic N) is 3. The first-order valence-corrected chi connectivity index (χ1v) is 11.4. The molecule has 0 bridgehead atoms. The maximum absolute atomic E-state index is 13.2. The first-order valence-electron chi connectivity index (χ1n) is 10.5. The number of hydrogen-bond donors (Lipinski definition) is 0. The predicted octanol–water partition coefficient (Wildman–Crippen LogP) is 4.64. The Morgan fingerprint density at radius 3 is 2.61 bits per heavy atom. The topological polar surface area (TPSA) is 66.7 Å². The van der Waals surface area contributed by atoms with Crippen LogP contribution in [0.1, 0.15) is 61.5 Å². The highest BCUT2D eigenvalue weighted by molar-refractivity contribution is 7.12. The number of rotatable bonds is 5. The van der Waals surface area contributed by atoms with Gasteiger partial charge in [0.15, 0.2) is 0 Å². The van der Waals surface area contributed by atoms with E-state index >= 15 is 0 Å². The third kappa shape index (κ3) is 4.56. The van der Waals surface area contributed by atoms with Crippen molar-refractivity contribution in [1.29, 1.82) is 0 Å². The van der Waals surface area contributed by atoms with Crippen LogP contribution in [-0.4, -0.2) is 46.7 Å². The number of hydrogen-bond acceptors (Lipinski definition) is 5. The predicted molar refractivity (Wildman–Crippen MR) is 120 cm³/mol. The fourth-order valence-electron chi connectivity index (χ4n) is 4.07. The number of pyridine rings is 1. The van der Waals surface area contributed by atoms with Crippen LogP contribution >= 0.6 is 11.3 Å². The van der Waals surface area contributed by atoms with Crippen LogP contribution in [0.2, 0.25) is 0 Å². The van der Waals surface area contributed by atoms with Crippen molar-refractivity contribution in [1.82, 2.24) is 14.8 Å². The molecule has 3 aromatic rings. The van der Waals surface area contributed by atoms with Crippen LogP contribution in [0.4, 0.5) is 0 Å². The molecule has 1 aliphatic heterocycles. The summed E-state index contributed by atoms with van der Waals surface area (Å²) in [5.41, 5.74) is 3.41. The average molecular weight is 438 g/mol. The molecule has 0 unspecified atom stereocenters. The van der Waals surface area contributed by atoms with Crippen LogP contribution in [0.15, 0.2) is 46.4 Å². The zero-order chi connectivity index (χ0) is 22.0. The second-order valence-electron chi connectivity index (χ2n) is 8.13. The van der Waals surface area contributed by atoms with Crippen molar-refractivity contribution in [3.63, 3.8) is 0 Å². The summed E-state index contributed by atoms with van der Waals surface area (Å²) >= 11 is 1.50. The van der Waals surface area contributed by atoms with Crippen molar-refractivity contribution in [2.75, 3.05) is 20.1 Å². The summed E-state index contributed by atoms with van der Waals surface area (Å²) in [6.07, 6.45) is 3.21. The Morgan fingerprint density at radius 2 is 1.97 bits per heavy atom. The Kier molecular flexibility index (Phi) is 6.23. The van der Waals surface area contributed by atoms with Crippen molar-refractivity contribution in [2.24, 2.45) is 0 Å². The summed E-state index contributed by atoms with van der Waals surface area (Å²) in [5, 5.41) is 1.96. The van der Waals surface area contributed by atoms with E-state index in [0.29, 0.717) is 25.2 Å². The number of thiophene rings is 1. The summed E-state index contributed by atoms with van der Waals surface area (Å²) in [6, 6.07) is 9.43. The minimum absolute atomic E-state index is 0.0633. The molecule has 3 aromatic heterocycles. The highest BCUT2D eigenvalue weighted by Gasteiger charge is 2.30. The van der Waals surface area contributed by atoms with E-state index in [1.54, 1.807) is 18.2 Å². The molecule has 7 heteroatoms. The SMILES string of the molecule is Cc1ccc(C(=O)N(C)Cc2ccco2)c(C2CCN(C(=O)c3sccc3C)CC2)n1. The normalized spacial score (nSPS) is 14.6. The number of likely N-dealkylation sites (tertiary alicyclic amines) is 1. The van der Waals surface area contributed by atoms with Crippen molar-refractivity contribution in [3.8, 4) is 0 Å². The van der Waals surface area contributed by atoms with Crippen LogP contribution in [0, 0.1) is 13.8 Å². The molecule has 0 saturated carbocycles. The van der Waals surface area contributed by atoms with Gasteiger partial charge in [0.05, 0.1) is 28.9 Å². The van der Waals surface area contributed by atoms with Crippen molar-refractivity contribution < 1.29 is 14.0 Å². The van der Waals surface area contributed by atoms with Gasteiger partial charge >= 0.3 is 0 Å². The Bertz CT molecular complexity index is 1070. The van der Waals surface area contributed by atoms with Crippen LogP contribution in [0.25, 0.3) is 0 Å². The summed E-state index contributed by atoms with van der Waals surface area (Å²) < 4.78 is 5.38. The third-order valence-corrected chi connectivity index (χ3v) is 6.84. The van der Waals surface area contributed by atoms with Gasteiger partial charge in [-0.05, 0) is 68.0 Å². The molecule has 0 aromatic carbocycles. The fourth-order valence-corrected chi connectivity index (χ4v) is 4.97. The lowest BCUT2D eigenvalue weighted by molar-refractivity contribution is 0.0710. The second kappa shape index (κ2) is 9.06. The maximum Gasteiger partial charge on any atom is 0.264 e. The molecule has 0 spiro atoms. The van der Waals surface area contributed by atoms with Crippen LogP contribution in [0.5, 0.6) is 0 Å². The summed E-state index contributed by atoms with van der Waals surface area (Å²) in [5.74, 6) is 0.946. The van der Waals surface area contributed by atoms with E-state index < -0.39 is 0 Å². The molecule has 31 heavy (non-hydrogen) atoms. The first kappa shape index (κ1) is 21.3. The van der Waals surface area contributed by atoms with Crippen molar-refractivity contribution in [2.45, 2.75) is 39.2 Å². The summed E-state index contributed by atoms with van der Waals surface area (Å²) in [4.78, 5) is 35.2. The van der Waals surface area contributed by atoms with Gasteiger partial charge in [-0.2, -0.15) is 0 Å². The number of carbonyl (C=O) groups is 2. The molecular formula is C24H27N3O3S. The minimum atomic E-state index is -0.0633. The lowest BCUT2D eigenvalue weighted by atomic mass is 9.89. The zero-order valence-electron chi connectivity index (χ0n) is 18.1. The number of piperidine rings is 1. The van der Waals surface area contributed by atoms with Crippen LogP contribution in [0.3, 0.4) is 0 Å². The molecule has 4 rings (SSSR count). The smallest absolute Gasteiger partial charge is 0.264 e. The molecule has 1 aliphatic rings. The highest BCUT2D eigenvalue weighted by Crippen LogP contribution is 2.31. The van der Waals surface area contributed by atoms with Gasteiger partial charge in [0, 0.05) is 31.7 Å². The summed E-state index contributed by atoms with van der Waals surface area (Å²) in [7, 11) is 1.78. The quantitative estimate of drug-likeness (QED) is 0.583. The van der Waals surface area contributed by atoms with E-state index in [-0.39, 0.29) is 17.7 Å². The first-order chi connectivity index (χ1) is 14.9. The Balaban J connectivity index is 1.48. The van der Waals surface area contributed by atoms with Gasteiger partial charge in [-0.15, -0.1) is 11.3 Å². The van der Waals surface area contributed by atoms with Gasteiger partial charge in [0.25, 0.3) is 11.8 Å². The van der Waals surface area contributed by atoms with Gasteiger partial charge in [-0.25, -0.2) is 0 Å². The number of carbonyl (C=O) groups excluding carboxylic acids is 2. The van der Waals surface area contributed by atoms with Crippen molar-refractivity contribution in [3.05, 3.63) is 75.1 Å². The number of amides is 2. The van der Waals surface area contributed by atoms with E-state index in [4.69, 9.17) is 9.40 Å². The lowest BCUT2D eigenvalue weighted by Crippen LogP contribution is -2.38. The molecule has 0 N–H and O–H groups in total. The fraction of sp³-hybridized carbons (Fsp3) is 0.375. The zero-order valence-corrected chi connectivity index (χ0v) is 18.9. The molecule has 0 aliphatic carbocycles. The van der Waals surface area contributed by atoms with Gasteiger partial charge < -0.3 is 14.2 Å². The molecule has 162 valence electrons. The molecule has 4 heterocycles. The number of aromatic nitrogens is 1. The molecule has 1 fully saturated rings. The Labute approximate surface area is 186 Å². The Hall–Kier alpha value is -2.93. The van der Waals surface area contributed by atoms with E-state index in [0.717, 1.165) is 40.4 Å². The second-order valence-corrected chi connectivity index (χ2v) is 9.04. The number of aryl methyl sites for hydroxylation is 2. The maximum atomic E-state index is 13.2. The Morgan fingerprint density at radius 1 is 1.19 bits per heavy atom. The van der Waals surface area contributed by atoms with E-state index in [9.17, 15) is 9.59 Å². The molecule has 2 amide bonds. The van der Waals surface area contributed by atoms with E-state index in [2.05, 4.69) is 0 Å². The van der Waals surface area contributed by atoms with E-state index in [1.807, 2.05) is 54.5 Å². The number of furan rings is 1. The molecule has 6 nitrogen and oxygen atoms in total. The molecule has 0 atom stereocenters. The van der Waals surface area contributed by atoms with Gasteiger partial charge in [-0.3, -0.25) is 14.6 Å². The van der Waals surface area contributed by atoms with Gasteiger partial charge in [0.2, 0.25) is 0 Å². The molecule has 1 saturated heterocycles. The highest BCUT2D eigenvalue weighted by atomic mass is 32.1. The molecule has 0 radical (unpaired) electrons. The van der Waals surface area contributed by atoms with Crippen LogP contribution < -0.4 is 0 Å². The van der Waals surface area contributed by atoms with E-state index in [1.165, 1.54) is 11.3 Å². The van der Waals surface area contributed by atoms with Gasteiger partial charge in [-0.1, -0.05) is 0 Å². The van der Waals surface area contributed by atoms with Crippen LogP contribution in [-0.2, 0) is 6.54 Å². The monoisotopic (exact) mass is 437 g/mol. The summed E-state index contributed by atoms with van der Waals surface area (Å²) in [6.45, 7) is 5.68. The van der Waals surface area contributed by atoms with Gasteiger partial charge in [0.1, 0.15) is 5.76 Å². The largest absolute Gasteiger partial charge is 0.467 e. The third-order valence-electron chi connectivity index (χ3n) is 5.84.